The number of rotatable bonds is 10. The van der Waals surface area contributed by atoms with Crippen LogP contribution in [0.15, 0.2) is 91.0 Å². The average molecular weight is 436 g/mol. The molecule has 0 aliphatic heterocycles. The number of Topliss-reactive ketones (excluding diaryl/α,β-unsaturated/α-hetero) is 1. The van der Waals surface area contributed by atoms with Gasteiger partial charge in [-0.2, -0.15) is 0 Å². The molecule has 0 radical (unpaired) electrons. The van der Waals surface area contributed by atoms with Crippen molar-refractivity contribution in [1.29, 1.82) is 0 Å². The predicted molar refractivity (Wildman–Crippen MR) is 139 cm³/mol. The molecule has 4 aromatic rings. The molecule has 0 bridgehead atoms. The Labute approximate surface area is 197 Å². The fourth-order valence-electron chi connectivity index (χ4n) is 4.41. The molecular formula is C31H33NO. The lowest BCUT2D eigenvalue weighted by atomic mass is 10.00. The summed E-state index contributed by atoms with van der Waals surface area (Å²) in [4.78, 5) is 13.5. The molecule has 3 aromatic carbocycles. The van der Waals surface area contributed by atoms with Crippen LogP contribution >= 0.6 is 0 Å². The van der Waals surface area contributed by atoms with Gasteiger partial charge in [-0.3, -0.25) is 4.79 Å². The minimum absolute atomic E-state index is 0.230. The van der Waals surface area contributed by atoms with Gasteiger partial charge in [0.05, 0.1) is 11.4 Å². The summed E-state index contributed by atoms with van der Waals surface area (Å²) in [6, 6.07) is 31.4. The van der Waals surface area contributed by atoms with Gasteiger partial charge in [0.25, 0.3) is 0 Å². The Bertz CT molecular complexity index is 1170. The van der Waals surface area contributed by atoms with Crippen molar-refractivity contribution < 1.29 is 4.79 Å². The van der Waals surface area contributed by atoms with Gasteiger partial charge in [0.1, 0.15) is 0 Å². The number of aromatic nitrogens is 1. The Hall–Kier alpha value is -3.39. The highest BCUT2D eigenvalue weighted by atomic mass is 16.1. The zero-order chi connectivity index (χ0) is 23.0. The van der Waals surface area contributed by atoms with Crippen molar-refractivity contribution in [2.75, 3.05) is 0 Å². The van der Waals surface area contributed by atoms with Crippen LogP contribution in [-0.2, 0) is 0 Å². The summed E-state index contributed by atoms with van der Waals surface area (Å²) in [6.45, 7) is 4.32. The minimum Gasteiger partial charge on any atom is -0.309 e. The quantitative estimate of drug-likeness (QED) is 0.180. The topological polar surface area (TPSA) is 22.0 Å². The number of hydrogen-bond donors (Lipinski definition) is 0. The van der Waals surface area contributed by atoms with Crippen molar-refractivity contribution in [3.63, 3.8) is 0 Å². The fraction of sp³-hybridized carbons (Fsp3) is 0.258. The van der Waals surface area contributed by atoms with Gasteiger partial charge in [-0.25, -0.2) is 0 Å². The van der Waals surface area contributed by atoms with Gasteiger partial charge in [-0.15, -0.1) is 0 Å². The highest BCUT2D eigenvalue weighted by Crippen LogP contribution is 2.37. The van der Waals surface area contributed by atoms with Crippen LogP contribution < -0.4 is 0 Å². The van der Waals surface area contributed by atoms with Crippen LogP contribution in [0.4, 0.5) is 0 Å². The number of unbranched alkanes of at least 4 members (excludes halogenated alkanes) is 4. The van der Waals surface area contributed by atoms with Crippen molar-refractivity contribution in [3.8, 4) is 28.2 Å². The maximum atomic E-state index is 13.5. The number of carbonyl (C=O) groups excluding carboxylic acids is 1. The smallest absolute Gasteiger partial charge is 0.165 e. The first-order valence-electron chi connectivity index (χ1n) is 12.2. The van der Waals surface area contributed by atoms with Crippen molar-refractivity contribution in [1.82, 2.24) is 4.57 Å². The van der Waals surface area contributed by atoms with E-state index in [4.69, 9.17) is 0 Å². The second kappa shape index (κ2) is 11.0. The summed E-state index contributed by atoms with van der Waals surface area (Å²) in [5.41, 5.74) is 7.31. The van der Waals surface area contributed by atoms with E-state index < -0.39 is 0 Å². The monoisotopic (exact) mass is 435 g/mol. The average Bonchev–Trinajstić information content (AvgIpc) is 3.26. The minimum atomic E-state index is 0.230. The third-order valence-electron chi connectivity index (χ3n) is 6.22. The predicted octanol–water partition coefficient (Wildman–Crippen LogP) is 8.66. The molecule has 2 nitrogen and oxygen atoms in total. The summed E-state index contributed by atoms with van der Waals surface area (Å²) in [5.74, 6) is 0.230. The largest absolute Gasteiger partial charge is 0.309 e. The van der Waals surface area contributed by atoms with Crippen molar-refractivity contribution in [2.45, 2.75) is 52.4 Å². The summed E-state index contributed by atoms with van der Waals surface area (Å²) in [7, 11) is 0. The van der Waals surface area contributed by atoms with Crippen LogP contribution in [0.5, 0.6) is 0 Å². The maximum absolute atomic E-state index is 13.5. The molecule has 1 heterocycles. The zero-order valence-corrected chi connectivity index (χ0v) is 19.8. The highest BCUT2D eigenvalue weighted by Gasteiger charge is 2.23. The van der Waals surface area contributed by atoms with E-state index in [1.54, 1.807) is 0 Å². The Kier molecular flexibility index (Phi) is 7.57. The molecule has 168 valence electrons. The molecule has 0 spiro atoms. The van der Waals surface area contributed by atoms with Crippen molar-refractivity contribution >= 4 is 5.78 Å². The Balaban J connectivity index is 1.85. The highest BCUT2D eigenvalue weighted by molar-refractivity contribution is 6.04. The van der Waals surface area contributed by atoms with Gasteiger partial charge in [-0.1, -0.05) is 111 Å². The van der Waals surface area contributed by atoms with Gasteiger partial charge in [-0.05, 0) is 42.7 Å². The van der Waals surface area contributed by atoms with Crippen molar-refractivity contribution in [2.24, 2.45) is 0 Å². The van der Waals surface area contributed by atoms with E-state index in [0.29, 0.717) is 6.42 Å². The van der Waals surface area contributed by atoms with E-state index in [1.807, 2.05) is 24.3 Å². The van der Waals surface area contributed by atoms with Gasteiger partial charge in [0.15, 0.2) is 5.78 Å². The molecule has 0 amide bonds. The summed E-state index contributed by atoms with van der Waals surface area (Å²) in [5, 5.41) is 0. The number of carbonyl (C=O) groups is 1. The second-order valence-corrected chi connectivity index (χ2v) is 8.78. The standard InChI is InChI=1S/C31H33NO/c1-3-4-5-6-13-18-30(33)28-23-29(25-14-9-7-10-15-25)32(27-21-19-24(2)20-22-27)31(28)26-16-11-8-12-17-26/h7-12,14-17,19-23H,3-6,13,18H2,1-2H3. The zero-order valence-electron chi connectivity index (χ0n) is 19.8. The first-order chi connectivity index (χ1) is 16.2. The molecule has 0 aliphatic carbocycles. The van der Waals surface area contributed by atoms with E-state index in [-0.39, 0.29) is 5.78 Å². The van der Waals surface area contributed by atoms with Crippen LogP contribution in [0.3, 0.4) is 0 Å². The van der Waals surface area contributed by atoms with Crippen LogP contribution in [0.1, 0.15) is 61.4 Å². The van der Waals surface area contributed by atoms with Crippen LogP contribution in [0, 0.1) is 6.92 Å². The molecule has 0 unspecified atom stereocenters. The second-order valence-electron chi connectivity index (χ2n) is 8.78. The fourth-order valence-corrected chi connectivity index (χ4v) is 4.41. The van der Waals surface area contributed by atoms with Gasteiger partial charge in [0, 0.05) is 17.7 Å². The van der Waals surface area contributed by atoms with E-state index in [2.05, 4.69) is 85.1 Å². The summed E-state index contributed by atoms with van der Waals surface area (Å²) >= 11 is 0. The molecule has 0 saturated heterocycles. The van der Waals surface area contributed by atoms with Gasteiger partial charge >= 0.3 is 0 Å². The van der Waals surface area contributed by atoms with E-state index in [9.17, 15) is 4.79 Å². The number of nitrogens with zero attached hydrogens (tertiary/aromatic N) is 1. The van der Waals surface area contributed by atoms with Crippen molar-refractivity contribution in [3.05, 3.63) is 102 Å². The number of ketones is 1. The molecule has 0 aliphatic rings. The number of aryl methyl sites for hydroxylation is 1. The van der Waals surface area contributed by atoms with Crippen LogP contribution in [-0.4, -0.2) is 10.4 Å². The Morgan fingerprint density at radius 2 is 1.33 bits per heavy atom. The third kappa shape index (κ3) is 5.34. The van der Waals surface area contributed by atoms with Crippen LogP contribution in [0.25, 0.3) is 28.2 Å². The third-order valence-corrected chi connectivity index (χ3v) is 6.22. The first kappa shape index (κ1) is 22.8. The molecule has 0 N–H and O–H groups in total. The maximum Gasteiger partial charge on any atom is 0.165 e. The SMILES string of the molecule is CCCCCCCC(=O)c1cc(-c2ccccc2)n(-c2ccc(C)cc2)c1-c1ccccc1. The first-order valence-corrected chi connectivity index (χ1v) is 12.2. The lowest BCUT2D eigenvalue weighted by Crippen LogP contribution is -2.04. The van der Waals surface area contributed by atoms with Crippen LogP contribution in [0.2, 0.25) is 0 Å². The normalized spacial score (nSPS) is 11.0. The molecule has 0 atom stereocenters. The number of hydrogen-bond acceptors (Lipinski definition) is 1. The lowest BCUT2D eigenvalue weighted by Gasteiger charge is -2.15. The molecule has 33 heavy (non-hydrogen) atoms. The molecule has 4 rings (SSSR count). The molecule has 2 heteroatoms. The summed E-state index contributed by atoms with van der Waals surface area (Å²) in [6.07, 6.45) is 6.32. The van der Waals surface area contributed by atoms with Gasteiger partial charge in [0.2, 0.25) is 0 Å². The lowest BCUT2D eigenvalue weighted by molar-refractivity contribution is 0.0980. The van der Waals surface area contributed by atoms with E-state index >= 15 is 0 Å². The molecular weight excluding hydrogens is 402 g/mol. The van der Waals surface area contributed by atoms with Gasteiger partial charge < -0.3 is 4.57 Å². The molecule has 0 fully saturated rings. The van der Waals surface area contributed by atoms with E-state index in [1.165, 1.54) is 24.8 Å². The summed E-state index contributed by atoms with van der Waals surface area (Å²) < 4.78 is 2.26. The van der Waals surface area contributed by atoms with E-state index in [0.717, 1.165) is 46.6 Å². The number of benzene rings is 3. The Morgan fingerprint density at radius 1 is 0.727 bits per heavy atom. The molecule has 1 aromatic heterocycles. The Morgan fingerprint density at radius 3 is 1.97 bits per heavy atom. The molecule has 0 saturated carbocycles.